The van der Waals surface area contributed by atoms with Crippen LogP contribution >= 0.6 is 11.6 Å². The molecular formula is C19H18ClN3O5. The lowest BCUT2D eigenvalue weighted by molar-refractivity contribution is 0.174. The first-order valence-electron chi connectivity index (χ1n) is 8.39. The third-order valence-electron chi connectivity index (χ3n) is 4.52. The van der Waals surface area contributed by atoms with E-state index in [0.717, 1.165) is 5.56 Å². The van der Waals surface area contributed by atoms with Crippen LogP contribution in [0.1, 0.15) is 11.3 Å². The number of ether oxygens (including phenoxy) is 5. The monoisotopic (exact) mass is 403 g/mol. The zero-order valence-corrected chi connectivity index (χ0v) is 16.3. The number of anilines is 1. The van der Waals surface area contributed by atoms with Crippen molar-refractivity contribution in [3.8, 4) is 28.7 Å². The maximum absolute atomic E-state index is 6.40. The van der Waals surface area contributed by atoms with Gasteiger partial charge in [-0.1, -0.05) is 6.07 Å². The van der Waals surface area contributed by atoms with Crippen molar-refractivity contribution in [3.05, 3.63) is 34.7 Å². The Labute approximate surface area is 166 Å². The minimum Gasteiger partial charge on any atom is -0.491 e. The predicted molar refractivity (Wildman–Crippen MR) is 104 cm³/mol. The van der Waals surface area contributed by atoms with Gasteiger partial charge in [0, 0.05) is 6.42 Å². The number of fused-ring (bicyclic) bond motifs is 2. The van der Waals surface area contributed by atoms with Gasteiger partial charge in [-0.3, -0.25) is 0 Å². The zero-order valence-electron chi connectivity index (χ0n) is 15.5. The fraction of sp³-hybridized carbons (Fsp3) is 0.263. The van der Waals surface area contributed by atoms with Crippen LogP contribution in [-0.2, 0) is 6.42 Å². The minimum atomic E-state index is 0.0770. The van der Waals surface area contributed by atoms with E-state index >= 15 is 0 Å². The van der Waals surface area contributed by atoms with Gasteiger partial charge in [-0.2, -0.15) is 0 Å². The highest BCUT2D eigenvalue weighted by molar-refractivity contribution is 6.28. The quantitative estimate of drug-likeness (QED) is 0.512. The summed E-state index contributed by atoms with van der Waals surface area (Å²) in [5.74, 6) is 2.47. The summed E-state index contributed by atoms with van der Waals surface area (Å²) in [5, 5.41) is 0.671. The number of halogens is 1. The first-order chi connectivity index (χ1) is 13.6. The summed E-state index contributed by atoms with van der Waals surface area (Å²) in [6, 6.07) is 5.69. The van der Waals surface area contributed by atoms with Gasteiger partial charge in [0.25, 0.3) is 0 Å². The van der Waals surface area contributed by atoms with Gasteiger partial charge in [-0.15, -0.1) is 0 Å². The molecule has 3 aromatic rings. The van der Waals surface area contributed by atoms with Gasteiger partial charge < -0.3 is 29.4 Å². The van der Waals surface area contributed by atoms with E-state index in [1.165, 1.54) is 21.3 Å². The molecule has 9 heteroatoms. The number of nitrogens with two attached hydrogens (primary N) is 1. The van der Waals surface area contributed by atoms with Crippen LogP contribution < -0.4 is 29.4 Å². The molecule has 0 spiro atoms. The summed E-state index contributed by atoms with van der Waals surface area (Å²) in [5.41, 5.74) is 8.78. The topological polar surface area (TPSA) is 98.0 Å². The van der Waals surface area contributed by atoms with E-state index < -0.39 is 0 Å². The maximum atomic E-state index is 6.40. The van der Waals surface area contributed by atoms with Crippen molar-refractivity contribution in [3.63, 3.8) is 0 Å². The molecule has 2 N–H and O–H groups in total. The lowest BCUT2D eigenvalue weighted by atomic mass is 10.0. The van der Waals surface area contributed by atoms with E-state index in [1.54, 1.807) is 0 Å². The van der Waals surface area contributed by atoms with Gasteiger partial charge in [0.2, 0.25) is 17.8 Å². The van der Waals surface area contributed by atoms with E-state index in [1.807, 2.05) is 18.2 Å². The van der Waals surface area contributed by atoms with E-state index in [2.05, 4.69) is 9.97 Å². The second-order valence-corrected chi connectivity index (χ2v) is 6.38. The van der Waals surface area contributed by atoms with Crippen molar-refractivity contribution >= 4 is 28.2 Å². The molecule has 0 saturated heterocycles. The second-order valence-electron chi connectivity index (χ2n) is 6.04. The molecule has 0 aliphatic carbocycles. The third-order valence-corrected chi connectivity index (χ3v) is 4.69. The number of rotatable bonds is 5. The van der Waals surface area contributed by atoms with E-state index in [0.29, 0.717) is 57.5 Å². The van der Waals surface area contributed by atoms with E-state index in [4.69, 9.17) is 41.0 Å². The van der Waals surface area contributed by atoms with Crippen LogP contribution in [0.2, 0.25) is 5.28 Å². The van der Waals surface area contributed by atoms with Gasteiger partial charge in [0.05, 0.1) is 38.1 Å². The van der Waals surface area contributed by atoms with Crippen LogP contribution in [0.15, 0.2) is 18.2 Å². The number of methoxy groups -OCH3 is 3. The largest absolute Gasteiger partial charge is 0.491 e. The number of nitrogens with zero attached hydrogens (tertiary/aromatic N) is 2. The Morgan fingerprint density at radius 1 is 1.00 bits per heavy atom. The second kappa shape index (κ2) is 7.12. The molecule has 0 radical (unpaired) electrons. The zero-order chi connectivity index (χ0) is 19.8. The molecular weight excluding hydrogens is 386 g/mol. The summed E-state index contributed by atoms with van der Waals surface area (Å²) in [6.07, 6.45) is 0.443. The van der Waals surface area contributed by atoms with Gasteiger partial charge in [-0.05, 0) is 29.3 Å². The molecule has 28 heavy (non-hydrogen) atoms. The molecule has 2 aromatic carbocycles. The summed E-state index contributed by atoms with van der Waals surface area (Å²) >= 11 is 6.20. The molecule has 146 valence electrons. The van der Waals surface area contributed by atoms with E-state index in [-0.39, 0.29) is 12.1 Å². The summed E-state index contributed by atoms with van der Waals surface area (Å²) in [6.45, 7) is 0.211. The highest BCUT2D eigenvalue weighted by Crippen LogP contribution is 2.48. The van der Waals surface area contributed by atoms with Gasteiger partial charge >= 0.3 is 0 Å². The van der Waals surface area contributed by atoms with Crippen LogP contribution in [0.3, 0.4) is 0 Å². The highest BCUT2D eigenvalue weighted by Gasteiger charge is 2.25. The molecule has 0 unspecified atom stereocenters. The molecule has 0 amide bonds. The predicted octanol–water partition coefficient (Wildman–Crippen LogP) is 3.21. The number of aromatic nitrogens is 2. The smallest absolute Gasteiger partial charge is 0.231 e. The fourth-order valence-electron chi connectivity index (χ4n) is 3.32. The van der Waals surface area contributed by atoms with Crippen LogP contribution in [0.25, 0.3) is 10.9 Å². The standard InChI is InChI=1S/C19H18ClN3O5/c1-24-16-14(21)13-10(6-9-4-5-11-12(7-9)28-8-27-11)22-19(20)23-15(13)17(25-2)18(16)26-3/h4-5,7H,6,8,21H2,1-3H3. The lowest BCUT2D eigenvalue weighted by Gasteiger charge is -2.18. The van der Waals surface area contributed by atoms with Crippen LogP contribution in [0, 0.1) is 0 Å². The number of hydrogen-bond acceptors (Lipinski definition) is 8. The molecule has 1 aliphatic rings. The maximum Gasteiger partial charge on any atom is 0.231 e. The Bertz CT molecular complexity index is 1070. The SMILES string of the molecule is COc1c(OC)c(N)c2c(Cc3ccc4c(c3)OCO4)nc(Cl)nc2c1OC. The fourth-order valence-corrected chi connectivity index (χ4v) is 3.51. The Kier molecular flexibility index (Phi) is 4.64. The highest BCUT2D eigenvalue weighted by atomic mass is 35.5. The Morgan fingerprint density at radius 2 is 1.71 bits per heavy atom. The third kappa shape index (κ3) is 2.86. The van der Waals surface area contributed by atoms with Crippen molar-refractivity contribution in [2.45, 2.75) is 6.42 Å². The molecule has 0 atom stereocenters. The van der Waals surface area contributed by atoms with Crippen LogP contribution in [0.5, 0.6) is 28.7 Å². The number of benzene rings is 2. The Hall–Kier alpha value is -3.13. The summed E-state index contributed by atoms with van der Waals surface area (Å²) < 4.78 is 27.2. The number of nitrogen functional groups attached to an aromatic ring is 1. The number of hydrogen-bond donors (Lipinski definition) is 1. The average molecular weight is 404 g/mol. The molecule has 0 bridgehead atoms. The van der Waals surface area contributed by atoms with Gasteiger partial charge in [-0.25, -0.2) is 9.97 Å². The van der Waals surface area contributed by atoms with Gasteiger partial charge in [0.1, 0.15) is 5.52 Å². The first kappa shape index (κ1) is 18.2. The normalized spacial score (nSPS) is 12.3. The lowest BCUT2D eigenvalue weighted by Crippen LogP contribution is -2.06. The molecule has 0 saturated carbocycles. The van der Waals surface area contributed by atoms with E-state index in [9.17, 15) is 0 Å². The minimum absolute atomic E-state index is 0.0770. The first-order valence-corrected chi connectivity index (χ1v) is 8.77. The van der Waals surface area contributed by atoms with Crippen LogP contribution in [-0.4, -0.2) is 38.1 Å². The van der Waals surface area contributed by atoms with Crippen molar-refractivity contribution in [1.82, 2.24) is 9.97 Å². The molecule has 8 nitrogen and oxygen atoms in total. The van der Waals surface area contributed by atoms with Crippen molar-refractivity contribution in [2.75, 3.05) is 33.9 Å². The molecule has 2 heterocycles. The molecule has 0 fully saturated rings. The van der Waals surface area contributed by atoms with Crippen molar-refractivity contribution < 1.29 is 23.7 Å². The molecule has 1 aliphatic heterocycles. The van der Waals surface area contributed by atoms with Crippen molar-refractivity contribution in [1.29, 1.82) is 0 Å². The summed E-state index contributed by atoms with van der Waals surface area (Å²) in [4.78, 5) is 8.73. The Morgan fingerprint density at radius 3 is 2.43 bits per heavy atom. The molecule has 1 aromatic heterocycles. The Balaban J connectivity index is 1.93. The molecule has 4 rings (SSSR count). The van der Waals surface area contributed by atoms with Crippen LogP contribution in [0.4, 0.5) is 5.69 Å². The average Bonchev–Trinajstić information content (AvgIpc) is 3.15. The summed E-state index contributed by atoms with van der Waals surface area (Å²) in [7, 11) is 4.52. The van der Waals surface area contributed by atoms with Crippen molar-refractivity contribution in [2.24, 2.45) is 0 Å². The van der Waals surface area contributed by atoms with Gasteiger partial charge in [0.15, 0.2) is 23.0 Å².